The van der Waals surface area contributed by atoms with E-state index >= 15 is 0 Å². The van der Waals surface area contributed by atoms with Crippen LogP contribution in [0.25, 0.3) is 6.08 Å². The fourth-order valence-electron chi connectivity index (χ4n) is 3.10. The molecule has 2 aromatic rings. The first-order valence-corrected chi connectivity index (χ1v) is 9.11. The zero-order chi connectivity index (χ0) is 20.8. The molecule has 29 heavy (non-hydrogen) atoms. The number of nitrogens with one attached hydrogen (secondary N) is 1. The third-order valence-electron chi connectivity index (χ3n) is 4.60. The molecule has 1 aliphatic rings. The Balaban J connectivity index is 1.73. The van der Waals surface area contributed by atoms with E-state index in [4.69, 9.17) is 9.68 Å². The van der Waals surface area contributed by atoms with Gasteiger partial charge in [0.15, 0.2) is 5.71 Å². The van der Waals surface area contributed by atoms with Gasteiger partial charge in [0.2, 0.25) is 0 Å². The van der Waals surface area contributed by atoms with Gasteiger partial charge in [0.05, 0.1) is 5.71 Å². The fraction of sp³-hybridized carbons (Fsp3) is 0.227. The highest BCUT2D eigenvalue weighted by molar-refractivity contribution is 6.45. The van der Waals surface area contributed by atoms with Gasteiger partial charge in [-0.3, -0.25) is 4.79 Å². The minimum absolute atomic E-state index is 0.155. The molecule has 0 saturated carbocycles. The predicted octanol–water partition coefficient (Wildman–Crippen LogP) is 3.45. The normalized spacial score (nSPS) is 13.6. The third kappa shape index (κ3) is 4.68. The summed E-state index contributed by atoms with van der Waals surface area (Å²) in [7, 11) is 2.91. The number of hydrogen-bond donors (Lipinski definition) is 1. The average Bonchev–Trinajstić information content (AvgIpc) is 3.15. The minimum atomic E-state index is -0.361. The molecule has 0 spiro atoms. The summed E-state index contributed by atoms with van der Waals surface area (Å²) in [5, 5.41) is 10.6. The molecule has 6 nitrogen and oxygen atoms in total. The van der Waals surface area contributed by atoms with Gasteiger partial charge in [-0.2, -0.15) is 0 Å². The summed E-state index contributed by atoms with van der Waals surface area (Å²) in [6, 6.07) is 12.0. The molecule has 2 aromatic carbocycles. The number of fused-ring (bicyclic) bond motifs is 1. The van der Waals surface area contributed by atoms with Crippen LogP contribution in [0, 0.1) is 5.82 Å². The Hall–Kier alpha value is -3.48. The van der Waals surface area contributed by atoms with E-state index in [0.29, 0.717) is 12.0 Å². The Kier molecular flexibility index (Phi) is 6.39. The number of rotatable bonds is 7. The zero-order valence-electron chi connectivity index (χ0n) is 16.5. The zero-order valence-corrected chi connectivity index (χ0v) is 16.5. The molecule has 0 saturated heterocycles. The van der Waals surface area contributed by atoms with E-state index in [2.05, 4.69) is 15.6 Å². The smallest absolute Gasteiger partial charge is 0.273 e. The number of amides is 1. The minimum Gasteiger partial charge on any atom is -0.398 e. The highest BCUT2D eigenvalue weighted by atomic mass is 19.1. The van der Waals surface area contributed by atoms with Crippen molar-refractivity contribution >= 4 is 23.4 Å². The molecule has 1 N–H and O–H groups in total. The number of carbonyl (C=O) groups excluding carboxylic acids is 1. The monoisotopic (exact) mass is 395 g/mol. The molecular weight excluding hydrogens is 373 g/mol. The Morgan fingerprint density at radius 2 is 2.00 bits per heavy atom. The molecular formula is C22H22FN3O3. The molecule has 1 aliphatic carbocycles. The summed E-state index contributed by atoms with van der Waals surface area (Å²) in [5.41, 5.74) is 5.13. The van der Waals surface area contributed by atoms with E-state index in [1.165, 1.54) is 20.2 Å². The van der Waals surface area contributed by atoms with Gasteiger partial charge in [-0.15, -0.1) is 0 Å². The highest BCUT2D eigenvalue weighted by Crippen LogP contribution is 2.26. The van der Waals surface area contributed by atoms with Crippen LogP contribution in [0.5, 0.6) is 0 Å². The second kappa shape index (κ2) is 9.14. The van der Waals surface area contributed by atoms with Crippen LogP contribution in [0.15, 0.2) is 58.3 Å². The summed E-state index contributed by atoms with van der Waals surface area (Å²) < 4.78 is 13.4. The number of benzene rings is 2. The van der Waals surface area contributed by atoms with Gasteiger partial charge in [0.1, 0.15) is 19.5 Å². The highest BCUT2D eigenvalue weighted by Gasteiger charge is 2.18. The lowest BCUT2D eigenvalue weighted by atomic mass is 10.0. The first kappa shape index (κ1) is 20.3. The van der Waals surface area contributed by atoms with E-state index < -0.39 is 0 Å². The number of nitrogens with zero attached hydrogens (tertiary/aromatic N) is 2. The van der Waals surface area contributed by atoms with E-state index in [1.807, 2.05) is 25.1 Å². The molecule has 0 unspecified atom stereocenters. The molecule has 0 radical (unpaired) electrons. The van der Waals surface area contributed by atoms with E-state index in [9.17, 15) is 9.18 Å². The van der Waals surface area contributed by atoms with Gasteiger partial charge in [-0.1, -0.05) is 40.6 Å². The average molecular weight is 395 g/mol. The summed E-state index contributed by atoms with van der Waals surface area (Å²) in [6.45, 7) is 2.00. The Labute approximate surface area is 168 Å². The van der Waals surface area contributed by atoms with Gasteiger partial charge >= 0.3 is 0 Å². The maximum atomic E-state index is 13.4. The van der Waals surface area contributed by atoms with E-state index in [-0.39, 0.29) is 24.0 Å². The largest absolute Gasteiger partial charge is 0.398 e. The lowest BCUT2D eigenvalue weighted by Gasteiger charge is -2.10. The van der Waals surface area contributed by atoms with E-state index in [0.717, 1.165) is 28.0 Å². The van der Waals surface area contributed by atoms with Gasteiger partial charge in [0, 0.05) is 24.6 Å². The van der Waals surface area contributed by atoms with Crippen molar-refractivity contribution < 1.29 is 18.9 Å². The molecule has 0 fully saturated rings. The number of carbonyl (C=O) groups is 1. The van der Waals surface area contributed by atoms with Gasteiger partial charge in [0.25, 0.3) is 5.91 Å². The maximum absolute atomic E-state index is 13.4. The van der Waals surface area contributed by atoms with Crippen molar-refractivity contribution in [1.29, 1.82) is 0 Å². The third-order valence-corrected chi connectivity index (χ3v) is 4.60. The van der Waals surface area contributed by atoms with Crippen LogP contribution >= 0.6 is 0 Å². The number of likely N-dealkylation sites (N-methyl/N-ethyl adjacent to an activating group) is 1. The SMILES string of the molecule is CNC(=O)/C(=N\OC)c1ccccc1CO/N=C(\C)C1=Cc2ccc(F)cc2C1. The standard InChI is InChI=1S/C22H22FN3O3/c1-14(17-10-15-8-9-19(23)12-18(15)11-17)25-29-13-16-6-4-5-7-20(16)21(26-28-3)22(27)24-2/h4-10,12H,11,13H2,1-3H3,(H,24,27)/b25-14+,26-21-. The lowest BCUT2D eigenvalue weighted by molar-refractivity contribution is -0.114. The van der Waals surface area contributed by atoms with Crippen molar-refractivity contribution in [2.75, 3.05) is 14.2 Å². The maximum Gasteiger partial charge on any atom is 0.273 e. The van der Waals surface area contributed by atoms with Crippen LogP contribution in [0.3, 0.4) is 0 Å². The molecule has 0 aliphatic heterocycles. The molecule has 1 amide bonds. The number of oxime groups is 2. The quantitative estimate of drug-likeness (QED) is 0.577. The van der Waals surface area contributed by atoms with Crippen LogP contribution in [0.1, 0.15) is 29.2 Å². The van der Waals surface area contributed by atoms with Crippen LogP contribution < -0.4 is 5.32 Å². The van der Waals surface area contributed by atoms with Crippen molar-refractivity contribution in [1.82, 2.24) is 5.32 Å². The second-order valence-electron chi connectivity index (χ2n) is 6.50. The number of allylic oxidation sites excluding steroid dienone is 1. The van der Waals surface area contributed by atoms with Crippen LogP contribution in [0.4, 0.5) is 4.39 Å². The Morgan fingerprint density at radius 1 is 1.21 bits per heavy atom. The molecule has 0 heterocycles. The number of halogens is 1. The van der Waals surface area contributed by atoms with Crippen molar-refractivity contribution in [3.05, 3.63) is 76.1 Å². The van der Waals surface area contributed by atoms with Crippen LogP contribution in [-0.2, 0) is 27.5 Å². The van der Waals surface area contributed by atoms with Crippen molar-refractivity contribution in [2.45, 2.75) is 20.0 Å². The molecule has 3 rings (SSSR count). The second-order valence-corrected chi connectivity index (χ2v) is 6.50. The first-order valence-electron chi connectivity index (χ1n) is 9.11. The molecule has 0 bridgehead atoms. The molecule has 7 heteroatoms. The Morgan fingerprint density at radius 3 is 2.76 bits per heavy atom. The lowest BCUT2D eigenvalue weighted by Crippen LogP contribution is -2.29. The van der Waals surface area contributed by atoms with Gasteiger partial charge < -0.3 is 15.0 Å². The van der Waals surface area contributed by atoms with Crippen molar-refractivity contribution in [2.24, 2.45) is 10.3 Å². The summed E-state index contributed by atoms with van der Waals surface area (Å²) in [4.78, 5) is 22.5. The van der Waals surface area contributed by atoms with Crippen molar-refractivity contribution in [3.8, 4) is 0 Å². The Bertz CT molecular complexity index is 1010. The van der Waals surface area contributed by atoms with Crippen LogP contribution in [0.2, 0.25) is 0 Å². The molecule has 0 atom stereocenters. The van der Waals surface area contributed by atoms with Crippen LogP contribution in [-0.4, -0.2) is 31.5 Å². The van der Waals surface area contributed by atoms with E-state index in [1.54, 1.807) is 24.3 Å². The fourth-order valence-corrected chi connectivity index (χ4v) is 3.10. The number of hydrogen-bond acceptors (Lipinski definition) is 5. The van der Waals surface area contributed by atoms with Gasteiger partial charge in [-0.05, 0) is 41.8 Å². The first-order chi connectivity index (χ1) is 14.0. The molecule has 150 valence electrons. The van der Waals surface area contributed by atoms with Gasteiger partial charge in [-0.25, -0.2) is 4.39 Å². The summed E-state index contributed by atoms with van der Waals surface area (Å²) >= 11 is 0. The topological polar surface area (TPSA) is 72.3 Å². The summed E-state index contributed by atoms with van der Waals surface area (Å²) in [5.74, 6) is -0.606. The summed E-state index contributed by atoms with van der Waals surface area (Å²) in [6.07, 6.45) is 2.60. The predicted molar refractivity (Wildman–Crippen MR) is 110 cm³/mol. The molecule has 0 aromatic heterocycles. The van der Waals surface area contributed by atoms with Crippen molar-refractivity contribution in [3.63, 3.8) is 0 Å².